The molecule has 0 fully saturated rings. The summed E-state index contributed by atoms with van der Waals surface area (Å²) in [6.45, 7) is 2.53. The van der Waals surface area contributed by atoms with Crippen molar-refractivity contribution in [3.8, 4) is 11.5 Å². The highest BCUT2D eigenvalue weighted by Crippen LogP contribution is 2.24. The zero-order valence-corrected chi connectivity index (χ0v) is 17.9. The van der Waals surface area contributed by atoms with Crippen LogP contribution in [0.4, 0.5) is 5.69 Å². The number of methoxy groups -OCH3 is 2. The van der Waals surface area contributed by atoms with Gasteiger partial charge in [-0.15, -0.1) is 0 Å². The molecule has 2 rings (SSSR count). The van der Waals surface area contributed by atoms with E-state index < -0.39 is 0 Å². The number of anilines is 1. The van der Waals surface area contributed by atoms with Crippen LogP contribution in [0.25, 0.3) is 0 Å². The molecule has 0 aliphatic carbocycles. The Labute approximate surface area is 175 Å². The monoisotopic (exact) mass is 420 g/mol. The minimum absolute atomic E-state index is 0.107. The highest BCUT2D eigenvalue weighted by Gasteiger charge is 2.15. The molecule has 2 aromatic carbocycles. The van der Waals surface area contributed by atoms with E-state index in [1.807, 2.05) is 32.2 Å². The number of carbonyl (C=O) groups excluding carboxylic acids is 2. The predicted octanol–water partition coefficient (Wildman–Crippen LogP) is 1.44. The lowest BCUT2D eigenvalue weighted by atomic mass is 10.2. The van der Waals surface area contributed by atoms with Crippen molar-refractivity contribution in [3.63, 3.8) is 0 Å². The zero-order valence-electron chi connectivity index (χ0n) is 17.1. The fourth-order valence-electron chi connectivity index (χ4n) is 2.84. The number of hydrogen-bond acceptors (Lipinski definition) is 4. The molecule has 8 heteroatoms. The van der Waals surface area contributed by atoms with Gasteiger partial charge in [0.25, 0.3) is 5.91 Å². The summed E-state index contributed by atoms with van der Waals surface area (Å²) in [5.74, 6) is 0.897. The Kier molecular flexibility index (Phi) is 8.30. The third-order valence-corrected chi connectivity index (χ3v) is 4.85. The first kappa shape index (κ1) is 22.5. The van der Waals surface area contributed by atoms with E-state index in [9.17, 15) is 9.59 Å². The van der Waals surface area contributed by atoms with Crippen molar-refractivity contribution in [2.24, 2.45) is 0 Å². The molecule has 0 heterocycles. The first-order chi connectivity index (χ1) is 13.8. The zero-order chi connectivity index (χ0) is 21.4. The Balaban J connectivity index is 1.83. The number of nitrogens with one attached hydrogen (secondary N) is 3. The van der Waals surface area contributed by atoms with Gasteiger partial charge in [-0.25, -0.2) is 0 Å². The number of likely N-dealkylation sites (N-methyl/N-ethyl adjacent to an activating group) is 1. The highest BCUT2D eigenvalue weighted by molar-refractivity contribution is 6.31. The number of ether oxygens (including phenoxy) is 2. The van der Waals surface area contributed by atoms with Gasteiger partial charge in [-0.1, -0.05) is 17.7 Å². The molecule has 3 N–H and O–H groups in total. The average Bonchev–Trinajstić information content (AvgIpc) is 2.70. The largest absolute Gasteiger partial charge is 0.497 e. The number of rotatable bonds is 9. The second kappa shape index (κ2) is 10.7. The van der Waals surface area contributed by atoms with Crippen molar-refractivity contribution < 1.29 is 24.0 Å². The van der Waals surface area contributed by atoms with E-state index in [2.05, 4.69) is 10.6 Å². The maximum absolute atomic E-state index is 12.2. The highest BCUT2D eigenvalue weighted by atomic mass is 35.5. The second-order valence-electron chi connectivity index (χ2n) is 6.73. The Morgan fingerprint density at radius 2 is 1.86 bits per heavy atom. The number of halogens is 1. The molecule has 0 saturated carbocycles. The molecule has 0 aromatic heterocycles. The van der Waals surface area contributed by atoms with Crippen LogP contribution in [0.1, 0.15) is 11.1 Å². The van der Waals surface area contributed by atoms with Gasteiger partial charge in [-0.2, -0.15) is 0 Å². The second-order valence-corrected chi connectivity index (χ2v) is 7.13. The number of benzene rings is 2. The van der Waals surface area contributed by atoms with E-state index in [0.717, 1.165) is 16.0 Å². The Morgan fingerprint density at radius 3 is 2.55 bits per heavy atom. The average molecular weight is 421 g/mol. The van der Waals surface area contributed by atoms with Gasteiger partial charge in [0.15, 0.2) is 6.54 Å². The summed E-state index contributed by atoms with van der Waals surface area (Å²) >= 11 is 6.05. The Hall–Kier alpha value is -2.77. The van der Waals surface area contributed by atoms with Crippen LogP contribution < -0.4 is 25.0 Å². The number of amides is 2. The van der Waals surface area contributed by atoms with E-state index in [4.69, 9.17) is 21.1 Å². The topological polar surface area (TPSA) is 81.1 Å². The third-order valence-electron chi connectivity index (χ3n) is 4.44. The molecular formula is C21H27ClN3O4+. The van der Waals surface area contributed by atoms with Crippen LogP contribution in [0, 0.1) is 6.92 Å². The molecule has 0 aliphatic heterocycles. The summed E-state index contributed by atoms with van der Waals surface area (Å²) in [5, 5.41) is 5.97. The lowest BCUT2D eigenvalue weighted by Gasteiger charge is -2.16. The van der Waals surface area contributed by atoms with Crippen LogP contribution >= 0.6 is 11.6 Å². The van der Waals surface area contributed by atoms with Crippen molar-refractivity contribution >= 4 is 29.1 Å². The summed E-state index contributed by atoms with van der Waals surface area (Å²) < 4.78 is 10.6. The van der Waals surface area contributed by atoms with E-state index in [0.29, 0.717) is 28.8 Å². The summed E-state index contributed by atoms with van der Waals surface area (Å²) in [4.78, 5) is 25.2. The van der Waals surface area contributed by atoms with Crippen molar-refractivity contribution in [1.82, 2.24) is 5.32 Å². The van der Waals surface area contributed by atoms with Gasteiger partial charge in [0, 0.05) is 22.3 Å². The first-order valence-electron chi connectivity index (χ1n) is 9.18. The fraction of sp³-hybridized carbons (Fsp3) is 0.333. The molecule has 0 aliphatic rings. The summed E-state index contributed by atoms with van der Waals surface area (Å²) in [6, 6.07) is 10.9. The molecule has 0 radical (unpaired) electrons. The van der Waals surface area contributed by atoms with Gasteiger partial charge in [-0.3, -0.25) is 9.59 Å². The van der Waals surface area contributed by atoms with Crippen molar-refractivity contribution in [2.75, 3.05) is 39.7 Å². The normalized spacial score (nSPS) is 11.5. The molecule has 2 aromatic rings. The van der Waals surface area contributed by atoms with Crippen molar-refractivity contribution in [1.29, 1.82) is 0 Å². The lowest BCUT2D eigenvalue weighted by Crippen LogP contribution is -3.08. The number of hydrogen-bond donors (Lipinski definition) is 3. The smallest absolute Gasteiger partial charge is 0.275 e. The van der Waals surface area contributed by atoms with Gasteiger partial charge in [0.05, 0.1) is 27.8 Å². The minimum Gasteiger partial charge on any atom is -0.497 e. The van der Waals surface area contributed by atoms with Crippen LogP contribution in [0.5, 0.6) is 11.5 Å². The van der Waals surface area contributed by atoms with E-state index in [1.165, 1.54) is 0 Å². The fourth-order valence-corrected chi connectivity index (χ4v) is 3.01. The molecule has 0 spiro atoms. The maximum Gasteiger partial charge on any atom is 0.275 e. The summed E-state index contributed by atoms with van der Waals surface area (Å²) in [5.41, 5.74) is 2.38. The van der Waals surface area contributed by atoms with Crippen molar-refractivity contribution in [2.45, 2.75) is 13.5 Å². The molecule has 0 saturated heterocycles. The molecule has 156 valence electrons. The van der Waals surface area contributed by atoms with Crippen molar-refractivity contribution in [3.05, 3.63) is 52.5 Å². The van der Waals surface area contributed by atoms with Gasteiger partial charge in [0.1, 0.15) is 18.0 Å². The predicted molar refractivity (Wildman–Crippen MR) is 113 cm³/mol. The van der Waals surface area contributed by atoms with E-state index >= 15 is 0 Å². The molecule has 2 amide bonds. The lowest BCUT2D eigenvalue weighted by molar-refractivity contribution is -0.885. The molecular weight excluding hydrogens is 394 g/mol. The van der Waals surface area contributed by atoms with Crippen LogP contribution in [0.15, 0.2) is 36.4 Å². The van der Waals surface area contributed by atoms with Crippen LogP contribution in [0.2, 0.25) is 5.02 Å². The minimum atomic E-state index is -0.307. The first-order valence-corrected chi connectivity index (χ1v) is 9.55. The maximum atomic E-state index is 12.2. The van der Waals surface area contributed by atoms with Gasteiger partial charge in [-0.05, 0) is 36.8 Å². The summed E-state index contributed by atoms with van der Waals surface area (Å²) in [6.07, 6.45) is 0. The molecule has 1 atom stereocenters. The van der Waals surface area contributed by atoms with Gasteiger partial charge < -0.3 is 25.0 Å². The van der Waals surface area contributed by atoms with Gasteiger partial charge in [0.2, 0.25) is 5.91 Å². The van der Waals surface area contributed by atoms with Crippen LogP contribution in [0.3, 0.4) is 0 Å². The summed E-state index contributed by atoms with van der Waals surface area (Å²) in [7, 11) is 5.10. The molecule has 7 nitrogen and oxygen atoms in total. The van der Waals surface area contributed by atoms with Crippen LogP contribution in [-0.2, 0) is 16.1 Å². The molecule has 1 unspecified atom stereocenters. The van der Waals surface area contributed by atoms with Crippen LogP contribution in [-0.4, -0.2) is 46.2 Å². The number of carbonyl (C=O) groups is 2. The number of quaternary nitrogens is 1. The SMILES string of the molecule is COc1ccc(C[NH+](C)CC(=O)NCC(=O)Nc2cccc(Cl)c2C)c(OC)c1. The molecule has 0 bridgehead atoms. The Morgan fingerprint density at radius 1 is 1.10 bits per heavy atom. The quantitative estimate of drug-likeness (QED) is 0.573. The van der Waals surface area contributed by atoms with Gasteiger partial charge >= 0.3 is 0 Å². The molecule has 29 heavy (non-hydrogen) atoms. The standard InChI is InChI=1S/C21H26ClN3O4/c1-14-17(22)6-5-7-18(14)24-20(26)11-23-21(27)13-25(2)12-15-8-9-16(28-3)10-19(15)29-4/h5-10H,11-13H2,1-4H3,(H,23,27)(H,24,26)/p+1. The van der Waals surface area contributed by atoms with E-state index in [1.54, 1.807) is 32.4 Å². The Bertz CT molecular complexity index is 873. The third kappa shape index (κ3) is 6.66. The van der Waals surface area contributed by atoms with E-state index in [-0.39, 0.29) is 24.9 Å².